The fourth-order valence-corrected chi connectivity index (χ4v) is 6.17. The number of aliphatic hydroxyl groups excluding tert-OH is 1. The van der Waals surface area contributed by atoms with Crippen LogP contribution in [-0.2, 0) is 12.0 Å². The van der Waals surface area contributed by atoms with Crippen LogP contribution in [0.5, 0.6) is 11.5 Å². The molecule has 0 bridgehead atoms. The number of nitrogens with zero attached hydrogens (tertiary/aromatic N) is 2. The normalized spacial score (nSPS) is 19.1. The van der Waals surface area contributed by atoms with Crippen molar-refractivity contribution in [2.24, 2.45) is 0 Å². The first-order valence-corrected chi connectivity index (χ1v) is 13.2. The van der Waals surface area contributed by atoms with Gasteiger partial charge < -0.3 is 29.8 Å². The van der Waals surface area contributed by atoms with Gasteiger partial charge in [0, 0.05) is 60.8 Å². The number of hydrogen-bond donors (Lipinski definition) is 3. The Bertz CT molecular complexity index is 1250. The summed E-state index contributed by atoms with van der Waals surface area (Å²) < 4.78 is 11.0. The van der Waals surface area contributed by atoms with Crippen LogP contribution in [-0.4, -0.2) is 72.9 Å². The molecule has 1 atom stereocenters. The number of hydrogen-bond acceptors (Lipinski definition) is 5. The van der Waals surface area contributed by atoms with Gasteiger partial charge in [-0.25, -0.2) is 4.79 Å². The van der Waals surface area contributed by atoms with Gasteiger partial charge in [-0.05, 0) is 54.7 Å². The summed E-state index contributed by atoms with van der Waals surface area (Å²) in [6.45, 7) is 5.69. The molecule has 5 rings (SSSR count). The molecule has 0 aliphatic carbocycles. The van der Waals surface area contributed by atoms with Crippen molar-refractivity contribution in [3.8, 4) is 11.5 Å². The van der Waals surface area contributed by atoms with Crippen LogP contribution in [0.1, 0.15) is 49.0 Å². The van der Waals surface area contributed by atoms with Gasteiger partial charge in [0.2, 0.25) is 0 Å². The molecule has 198 valence electrons. The predicted octanol–water partition coefficient (Wildman–Crippen LogP) is 4.19. The number of piperidine rings is 1. The number of carbonyl (C=O) groups excluding carboxylic acids is 1. The van der Waals surface area contributed by atoms with Gasteiger partial charge in [-0.1, -0.05) is 19.1 Å². The van der Waals surface area contributed by atoms with Crippen LogP contribution in [0.3, 0.4) is 0 Å². The number of amides is 2. The minimum Gasteiger partial charge on any atom is -0.497 e. The highest BCUT2D eigenvalue weighted by molar-refractivity contribution is 5.88. The Morgan fingerprint density at radius 2 is 1.89 bits per heavy atom. The van der Waals surface area contributed by atoms with E-state index in [0.717, 1.165) is 54.1 Å². The molecule has 8 heteroatoms. The largest absolute Gasteiger partial charge is 0.497 e. The molecule has 37 heavy (non-hydrogen) atoms. The number of likely N-dealkylation sites (tertiary alicyclic amines) is 1. The molecular weight excluding hydrogens is 468 g/mol. The summed E-state index contributed by atoms with van der Waals surface area (Å²) in [6, 6.07) is 14.2. The van der Waals surface area contributed by atoms with Gasteiger partial charge in [0.25, 0.3) is 0 Å². The van der Waals surface area contributed by atoms with E-state index >= 15 is 0 Å². The maximum absolute atomic E-state index is 12.7. The fourth-order valence-electron chi connectivity index (χ4n) is 6.17. The zero-order valence-electron chi connectivity index (χ0n) is 22.0. The molecule has 8 nitrogen and oxygen atoms in total. The van der Waals surface area contributed by atoms with Gasteiger partial charge in [-0.3, -0.25) is 4.90 Å². The van der Waals surface area contributed by atoms with E-state index in [2.05, 4.69) is 40.3 Å². The molecule has 1 saturated heterocycles. The number of nitrogens with one attached hydrogen (secondary N) is 2. The van der Waals surface area contributed by atoms with Crippen LogP contribution in [0.4, 0.5) is 4.79 Å². The van der Waals surface area contributed by atoms with Crippen molar-refractivity contribution < 1.29 is 19.4 Å². The van der Waals surface area contributed by atoms with Crippen LogP contribution < -0.4 is 14.8 Å². The minimum atomic E-state index is -0.156. The van der Waals surface area contributed by atoms with E-state index in [0.29, 0.717) is 26.2 Å². The summed E-state index contributed by atoms with van der Waals surface area (Å²) in [5.74, 6) is 1.63. The first kappa shape index (κ1) is 25.4. The number of benzene rings is 2. The van der Waals surface area contributed by atoms with Crippen LogP contribution in [0.25, 0.3) is 10.9 Å². The predicted molar refractivity (Wildman–Crippen MR) is 144 cm³/mol. The molecule has 2 aliphatic rings. The molecule has 1 spiro atoms. The van der Waals surface area contributed by atoms with Gasteiger partial charge >= 0.3 is 6.03 Å². The van der Waals surface area contributed by atoms with Crippen molar-refractivity contribution in [1.29, 1.82) is 0 Å². The summed E-state index contributed by atoms with van der Waals surface area (Å²) in [5, 5.41) is 14.8. The summed E-state index contributed by atoms with van der Waals surface area (Å²) in [6.07, 6.45) is 2.66. The lowest BCUT2D eigenvalue weighted by Crippen LogP contribution is -2.55. The van der Waals surface area contributed by atoms with Crippen molar-refractivity contribution in [2.45, 2.75) is 44.2 Å². The second kappa shape index (κ2) is 10.6. The third kappa shape index (κ3) is 4.76. The van der Waals surface area contributed by atoms with Crippen molar-refractivity contribution in [2.75, 3.05) is 47.0 Å². The highest BCUT2D eigenvalue weighted by Gasteiger charge is 2.47. The summed E-state index contributed by atoms with van der Waals surface area (Å²) in [4.78, 5) is 20.7. The Kier molecular flexibility index (Phi) is 7.31. The number of carbonyl (C=O) groups is 1. The number of aromatic amines is 1. The topological polar surface area (TPSA) is 90.1 Å². The third-order valence-corrected chi connectivity index (χ3v) is 8.07. The van der Waals surface area contributed by atoms with Crippen molar-refractivity contribution >= 4 is 16.9 Å². The number of aliphatic hydroxyl groups is 1. The monoisotopic (exact) mass is 506 g/mol. The average molecular weight is 507 g/mol. The highest BCUT2D eigenvalue weighted by atomic mass is 16.5. The van der Waals surface area contributed by atoms with E-state index in [9.17, 15) is 9.90 Å². The lowest BCUT2D eigenvalue weighted by Gasteiger charge is -2.50. The quantitative estimate of drug-likeness (QED) is 0.447. The first-order chi connectivity index (χ1) is 18.0. The van der Waals surface area contributed by atoms with E-state index in [4.69, 9.17) is 9.47 Å². The summed E-state index contributed by atoms with van der Waals surface area (Å²) in [5.41, 5.74) is 4.40. The Balaban J connectivity index is 1.53. The molecule has 2 amide bonds. The van der Waals surface area contributed by atoms with E-state index in [1.165, 1.54) is 10.9 Å². The third-order valence-electron chi connectivity index (χ3n) is 8.07. The van der Waals surface area contributed by atoms with E-state index < -0.39 is 0 Å². The lowest BCUT2D eigenvalue weighted by molar-refractivity contribution is 0.0486. The number of urea groups is 1. The van der Waals surface area contributed by atoms with Crippen LogP contribution in [0, 0.1) is 0 Å². The molecule has 0 radical (unpaired) electrons. The molecular formula is C29H38N4O4. The van der Waals surface area contributed by atoms with Crippen molar-refractivity contribution in [1.82, 2.24) is 20.1 Å². The van der Waals surface area contributed by atoms with Gasteiger partial charge in [0.15, 0.2) is 0 Å². The second-order valence-electron chi connectivity index (χ2n) is 10.3. The minimum absolute atomic E-state index is 0.0164. The van der Waals surface area contributed by atoms with Gasteiger partial charge in [-0.15, -0.1) is 0 Å². The Labute approximate surface area is 218 Å². The molecule has 3 N–H and O–H groups in total. The molecule has 1 aromatic heterocycles. The number of H-pyrrole nitrogens is 1. The van der Waals surface area contributed by atoms with Crippen LogP contribution in [0.2, 0.25) is 0 Å². The molecule has 0 unspecified atom stereocenters. The van der Waals surface area contributed by atoms with E-state index in [1.54, 1.807) is 14.2 Å². The van der Waals surface area contributed by atoms with Crippen LogP contribution >= 0.6 is 0 Å². The smallest absolute Gasteiger partial charge is 0.317 e. The fraction of sp³-hybridized carbons (Fsp3) is 0.483. The SMILES string of the molecule is CCCNC(=O)N1CCC2(CC1)CN(Cc1cccc(OC)c1)[C@@H](CO)c1[nH]c3cc(OC)ccc3c12. The van der Waals surface area contributed by atoms with Gasteiger partial charge in [0.1, 0.15) is 11.5 Å². The van der Waals surface area contributed by atoms with Crippen molar-refractivity contribution in [3.63, 3.8) is 0 Å². The molecule has 2 aliphatic heterocycles. The van der Waals surface area contributed by atoms with Crippen molar-refractivity contribution in [3.05, 3.63) is 59.3 Å². The standard InChI is InChI=1S/C29H38N4O4/c1-4-12-30-28(35)32-13-10-29(11-14-32)19-33(17-20-6-5-7-21(15-20)36-2)25(18-34)27-26(29)23-9-8-22(37-3)16-24(23)31-27/h5-9,15-16,25,31,34H,4,10-14,17-19H2,1-3H3,(H,30,35)/t25-/m0/s1. The summed E-state index contributed by atoms with van der Waals surface area (Å²) >= 11 is 0. The highest BCUT2D eigenvalue weighted by Crippen LogP contribution is 2.49. The lowest BCUT2D eigenvalue weighted by atomic mass is 9.68. The zero-order valence-corrected chi connectivity index (χ0v) is 22.0. The van der Waals surface area contributed by atoms with Gasteiger partial charge in [0.05, 0.1) is 26.9 Å². The molecule has 1 fully saturated rings. The maximum atomic E-state index is 12.7. The number of rotatable bonds is 7. The second-order valence-corrected chi connectivity index (χ2v) is 10.3. The Morgan fingerprint density at radius 3 is 2.59 bits per heavy atom. The van der Waals surface area contributed by atoms with E-state index in [1.807, 2.05) is 29.2 Å². The van der Waals surface area contributed by atoms with E-state index in [-0.39, 0.29) is 24.1 Å². The molecule has 0 saturated carbocycles. The van der Waals surface area contributed by atoms with Crippen LogP contribution in [0.15, 0.2) is 42.5 Å². The Morgan fingerprint density at radius 1 is 1.14 bits per heavy atom. The number of methoxy groups -OCH3 is 2. The first-order valence-electron chi connectivity index (χ1n) is 13.2. The van der Waals surface area contributed by atoms with Gasteiger partial charge in [-0.2, -0.15) is 0 Å². The summed E-state index contributed by atoms with van der Waals surface area (Å²) in [7, 11) is 3.36. The number of fused-ring (bicyclic) bond motifs is 4. The molecule has 3 aromatic rings. The maximum Gasteiger partial charge on any atom is 0.317 e. The Hall–Kier alpha value is -3.23. The molecule has 3 heterocycles. The zero-order chi connectivity index (χ0) is 26.0. The number of ether oxygens (including phenoxy) is 2. The number of aromatic nitrogens is 1. The average Bonchev–Trinajstić information content (AvgIpc) is 3.32. The molecule has 2 aromatic carbocycles.